The van der Waals surface area contributed by atoms with Gasteiger partial charge in [-0.15, -0.1) is 0 Å². The third kappa shape index (κ3) is 7.68. The maximum atomic E-state index is 13.2. The largest absolute Gasteiger partial charge is 0.480 e. The molecular weight excluding hydrogens is 544 g/mol. The van der Waals surface area contributed by atoms with Crippen LogP contribution in [0.4, 0.5) is 0 Å². The topological polar surface area (TPSA) is 182 Å². The number of amides is 3. The van der Waals surface area contributed by atoms with Crippen molar-refractivity contribution >= 4 is 57.3 Å². The number of rotatable bonds is 14. The maximum Gasteiger partial charge on any atom is 0.326 e. The maximum absolute atomic E-state index is 13.2. The number of aromatic nitrogens is 2. The van der Waals surface area contributed by atoms with Crippen molar-refractivity contribution in [2.24, 2.45) is 5.73 Å². The van der Waals surface area contributed by atoms with E-state index in [1.54, 1.807) is 6.20 Å². The average molecular weight is 579 g/mol. The predicted octanol–water partition coefficient (Wildman–Crippen LogP) is 1.69. The van der Waals surface area contributed by atoms with Gasteiger partial charge in [0.25, 0.3) is 0 Å². The minimum Gasteiger partial charge on any atom is -0.480 e. The van der Waals surface area contributed by atoms with E-state index >= 15 is 0 Å². The molecule has 0 fully saturated rings. The van der Waals surface area contributed by atoms with Gasteiger partial charge in [0.1, 0.15) is 12.1 Å². The number of hydrogen-bond acceptors (Lipinski definition) is 6. The van der Waals surface area contributed by atoms with Gasteiger partial charge >= 0.3 is 5.97 Å². The number of hydrogen-bond donors (Lipinski definition) is 7. The molecule has 0 aliphatic rings. The summed E-state index contributed by atoms with van der Waals surface area (Å²) in [4.78, 5) is 56.8. The number of fused-ring (bicyclic) bond motifs is 2. The van der Waals surface area contributed by atoms with E-state index in [0.29, 0.717) is 5.75 Å². The number of carboxylic acids is 1. The van der Waals surface area contributed by atoms with Crippen LogP contribution in [0.1, 0.15) is 17.5 Å². The lowest BCUT2D eigenvalue weighted by Crippen LogP contribution is -2.54. The van der Waals surface area contributed by atoms with E-state index in [1.807, 2.05) is 61.0 Å². The Hall–Kier alpha value is -4.29. The summed E-state index contributed by atoms with van der Waals surface area (Å²) in [6, 6.07) is 12.2. The molecule has 0 radical (unpaired) electrons. The second kappa shape index (κ2) is 13.9. The third-order valence-electron chi connectivity index (χ3n) is 6.85. The molecule has 3 amide bonds. The van der Waals surface area contributed by atoms with Gasteiger partial charge in [-0.25, -0.2) is 4.79 Å². The zero-order valence-corrected chi connectivity index (χ0v) is 23.4. The first-order valence-electron chi connectivity index (χ1n) is 13.2. The lowest BCUT2D eigenvalue weighted by atomic mass is 10.0. The molecule has 12 heteroatoms. The van der Waals surface area contributed by atoms with Crippen LogP contribution in [0, 0.1) is 0 Å². The summed E-state index contributed by atoms with van der Waals surface area (Å²) >= 11 is 1.47. The standard InChI is InChI=1S/C29H34N6O5S/c1-41-11-10-24(29(39)40)35-28(38)25(13-18-15-32-23-9-5-3-7-20(18)23)34-26(36)16-33-27(37)21(30)12-17-14-31-22-8-4-2-6-19(17)22/h2-9,14-15,21,24-25,31-32H,10-13,16,30H2,1H3,(H,33,37)(H,34,36)(H,35,38)(H,39,40). The van der Waals surface area contributed by atoms with Crippen LogP contribution in [0.5, 0.6) is 0 Å². The molecule has 216 valence electrons. The molecule has 0 saturated carbocycles. The normalized spacial score (nSPS) is 13.4. The van der Waals surface area contributed by atoms with Crippen molar-refractivity contribution in [1.29, 1.82) is 0 Å². The van der Waals surface area contributed by atoms with Crippen LogP contribution in [0.3, 0.4) is 0 Å². The smallest absolute Gasteiger partial charge is 0.326 e. The summed E-state index contributed by atoms with van der Waals surface area (Å²) in [6.45, 7) is -0.396. The number of nitrogens with one attached hydrogen (secondary N) is 5. The van der Waals surface area contributed by atoms with Crippen molar-refractivity contribution in [3.8, 4) is 0 Å². The highest BCUT2D eigenvalue weighted by Gasteiger charge is 2.28. The molecule has 11 nitrogen and oxygen atoms in total. The Morgan fingerprint density at radius 2 is 1.44 bits per heavy atom. The highest BCUT2D eigenvalue weighted by atomic mass is 32.2. The van der Waals surface area contributed by atoms with E-state index in [2.05, 4.69) is 25.9 Å². The zero-order chi connectivity index (χ0) is 29.4. The fourth-order valence-corrected chi connectivity index (χ4v) is 5.14. The van der Waals surface area contributed by atoms with Gasteiger partial charge in [-0.05, 0) is 48.1 Å². The molecule has 0 saturated heterocycles. The summed E-state index contributed by atoms with van der Waals surface area (Å²) in [7, 11) is 0. The number of thioether (sulfide) groups is 1. The van der Waals surface area contributed by atoms with Crippen molar-refractivity contribution < 1.29 is 24.3 Å². The number of aliphatic carboxylic acids is 1. The number of para-hydroxylation sites is 2. The number of carbonyl (C=O) groups excluding carboxylic acids is 3. The molecule has 3 atom stereocenters. The van der Waals surface area contributed by atoms with Gasteiger partial charge in [-0.1, -0.05) is 36.4 Å². The second-order valence-corrected chi connectivity index (χ2v) is 10.7. The van der Waals surface area contributed by atoms with Gasteiger partial charge in [0, 0.05) is 40.6 Å². The summed E-state index contributed by atoms with van der Waals surface area (Å²) in [5.41, 5.74) is 9.59. The van der Waals surface area contributed by atoms with E-state index in [-0.39, 0.29) is 19.3 Å². The fraction of sp³-hybridized carbons (Fsp3) is 0.310. The zero-order valence-electron chi connectivity index (χ0n) is 22.6. The Kier molecular flexibility index (Phi) is 10.0. The van der Waals surface area contributed by atoms with Crippen molar-refractivity contribution in [2.45, 2.75) is 37.4 Å². The van der Waals surface area contributed by atoms with Gasteiger partial charge in [0.05, 0.1) is 12.6 Å². The summed E-state index contributed by atoms with van der Waals surface area (Å²) < 4.78 is 0. The summed E-state index contributed by atoms with van der Waals surface area (Å²) in [5.74, 6) is -2.35. The Balaban J connectivity index is 1.40. The van der Waals surface area contributed by atoms with Gasteiger partial charge < -0.3 is 36.8 Å². The van der Waals surface area contributed by atoms with Gasteiger partial charge in [-0.2, -0.15) is 11.8 Å². The first-order valence-corrected chi connectivity index (χ1v) is 14.6. The van der Waals surface area contributed by atoms with Crippen LogP contribution >= 0.6 is 11.8 Å². The van der Waals surface area contributed by atoms with Crippen LogP contribution in [-0.4, -0.2) is 75.4 Å². The lowest BCUT2D eigenvalue weighted by molar-refractivity contribution is -0.142. The van der Waals surface area contributed by atoms with E-state index in [9.17, 15) is 24.3 Å². The van der Waals surface area contributed by atoms with E-state index in [0.717, 1.165) is 32.9 Å². The predicted molar refractivity (Wildman–Crippen MR) is 159 cm³/mol. The molecule has 0 aliphatic carbocycles. The molecule has 2 heterocycles. The van der Waals surface area contributed by atoms with Crippen LogP contribution in [0.15, 0.2) is 60.9 Å². The first-order chi connectivity index (χ1) is 19.8. The van der Waals surface area contributed by atoms with Gasteiger partial charge in [0.15, 0.2) is 0 Å². The number of H-pyrrole nitrogens is 2. The number of aromatic amines is 2. The van der Waals surface area contributed by atoms with E-state index in [4.69, 9.17) is 5.73 Å². The fourth-order valence-electron chi connectivity index (χ4n) is 4.67. The van der Waals surface area contributed by atoms with Crippen molar-refractivity contribution in [2.75, 3.05) is 18.6 Å². The number of benzene rings is 2. The molecule has 41 heavy (non-hydrogen) atoms. The molecule has 0 aliphatic heterocycles. The van der Waals surface area contributed by atoms with Crippen LogP contribution in [0.2, 0.25) is 0 Å². The molecule has 3 unspecified atom stereocenters. The monoisotopic (exact) mass is 578 g/mol. The Labute approximate surface area is 241 Å². The van der Waals surface area contributed by atoms with Crippen LogP contribution < -0.4 is 21.7 Å². The second-order valence-electron chi connectivity index (χ2n) is 9.75. The van der Waals surface area contributed by atoms with Crippen LogP contribution in [-0.2, 0) is 32.0 Å². The molecule has 0 spiro atoms. The Morgan fingerprint density at radius 1 is 0.854 bits per heavy atom. The Bertz CT molecular complexity index is 1530. The van der Waals surface area contributed by atoms with E-state index < -0.39 is 48.4 Å². The molecule has 2 aromatic carbocycles. The van der Waals surface area contributed by atoms with Gasteiger partial charge in [-0.3, -0.25) is 14.4 Å². The molecule has 8 N–H and O–H groups in total. The molecule has 4 rings (SSSR count). The molecule has 0 bridgehead atoms. The van der Waals surface area contributed by atoms with Crippen molar-refractivity contribution in [3.63, 3.8) is 0 Å². The molecular formula is C29H34N6O5S. The van der Waals surface area contributed by atoms with Crippen LogP contribution in [0.25, 0.3) is 21.8 Å². The van der Waals surface area contributed by atoms with Crippen molar-refractivity contribution in [3.05, 3.63) is 72.1 Å². The summed E-state index contributed by atoms with van der Waals surface area (Å²) in [6.07, 6.45) is 6.04. The number of carbonyl (C=O) groups is 4. The molecule has 2 aromatic heterocycles. The van der Waals surface area contributed by atoms with E-state index in [1.165, 1.54) is 11.8 Å². The highest BCUT2D eigenvalue weighted by molar-refractivity contribution is 7.98. The minimum atomic E-state index is -1.15. The first kappa shape index (κ1) is 29.7. The lowest BCUT2D eigenvalue weighted by Gasteiger charge is -2.22. The number of nitrogens with two attached hydrogens (primary N) is 1. The average Bonchev–Trinajstić information content (AvgIpc) is 3.57. The summed E-state index contributed by atoms with van der Waals surface area (Å²) in [5, 5.41) is 19.2. The quantitative estimate of drug-likeness (QED) is 0.119. The third-order valence-corrected chi connectivity index (χ3v) is 7.49. The minimum absolute atomic E-state index is 0.116. The number of carboxylic acid groups (broad SMARTS) is 1. The SMILES string of the molecule is CSCCC(NC(=O)C(Cc1c[nH]c2ccccc12)NC(=O)CNC(=O)C(N)Cc1c[nH]c2ccccc12)C(=O)O. The van der Waals surface area contributed by atoms with Crippen molar-refractivity contribution in [1.82, 2.24) is 25.9 Å². The molecule has 4 aromatic rings. The highest BCUT2D eigenvalue weighted by Crippen LogP contribution is 2.20. The van der Waals surface area contributed by atoms with Gasteiger partial charge in [0.2, 0.25) is 17.7 Å². The Morgan fingerprint density at radius 3 is 2.02 bits per heavy atom.